The summed E-state index contributed by atoms with van der Waals surface area (Å²) in [6.45, 7) is 13.6. The number of ether oxygens (including phenoxy) is 2. The first-order valence-corrected chi connectivity index (χ1v) is 12.1. The van der Waals surface area contributed by atoms with Crippen molar-refractivity contribution in [2.24, 2.45) is 0 Å². The minimum absolute atomic E-state index is 0.0644. The second-order valence-corrected chi connectivity index (χ2v) is 13.3. The lowest BCUT2D eigenvalue weighted by molar-refractivity contribution is -0.294. The summed E-state index contributed by atoms with van der Waals surface area (Å²) in [7, 11) is -2.08. The van der Waals surface area contributed by atoms with Gasteiger partial charge in [-0.15, -0.1) is 0 Å². The van der Waals surface area contributed by atoms with Crippen LogP contribution in [0.15, 0.2) is 30.3 Å². The fourth-order valence-electron chi connectivity index (χ4n) is 2.96. The molecule has 0 amide bonds. The van der Waals surface area contributed by atoms with Gasteiger partial charge >= 0.3 is 5.97 Å². The number of benzene rings is 2. The number of rotatable bonds is 4. The number of hydrogen-bond acceptors (Lipinski definition) is 3. The maximum atomic E-state index is 6.61. The van der Waals surface area contributed by atoms with E-state index in [2.05, 4.69) is 33.9 Å². The van der Waals surface area contributed by atoms with Crippen LogP contribution in [0.1, 0.15) is 33.3 Å². The molecule has 1 unspecified atom stereocenters. The van der Waals surface area contributed by atoms with Gasteiger partial charge in [-0.25, -0.2) is 0 Å². The molecule has 0 N–H and O–H groups in total. The predicted molar refractivity (Wildman–Crippen MR) is 106 cm³/mol. The van der Waals surface area contributed by atoms with E-state index < -0.39 is 14.3 Å². The number of fused-ring (bicyclic) bond motifs is 3. The van der Waals surface area contributed by atoms with E-state index in [9.17, 15) is 0 Å². The van der Waals surface area contributed by atoms with Gasteiger partial charge in [-0.3, -0.25) is 0 Å². The van der Waals surface area contributed by atoms with Crippen LogP contribution in [0.5, 0.6) is 5.75 Å². The molecular weight excluding hydrogens is 352 g/mol. The van der Waals surface area contributed by atoms with Crippen molar-refractivity contribution in [3.8, 4) is 5.75 Å². The van der Waals surface area contributed by atoms with Crippen LogP contribution in [0, 0.1) is 0 Å². The van der Waals surface area contributed by atoms with E-state index in [0.29, 0.717) is 13.0 Å². The lowest BCUT2D eigenvalue weighted by Gasteiger charge is -2.42. The molecule has 3 rings (SSSR count). The predicted octanol–water partition coefficient (Wildman–Crippen LogP) is 6.14. The lowest BCUT2D eigenvalue weighted by Crippen LogP contribution is -2.53. The average Bonchev–Trinajstić information content (AvgIpc) is 2.84. The summed E-state index contributed by atoms with van der Waals surface area (Å²) in [4.78, 5) is 0. The van der Waals surface area contributed by atoms with Gasteiger partial charge in [-0.2, -0.15) is 0 Å². The third-order valence-corrected chi connectivity index (χ3v) is 10.0. The third kappa shape index (κ3) is 3.33. The van der Waals surface area contributed by atoms with Crippen molar-refractivity contribution in [3.05, 3.63) is 40.9 Å². The van der Waals surface area contributed by atoms with Crippen LogP contribution < -0.4 is 4.74 Å². The smallest absolute Gasteiger partial charge is 0.321 e. The summed E-state index contributed by atoms with van der Waals surface area (Å²) in [5.41, 5.74) is 1.04. The molecule has 0 spiro atoms. The Balaban J connectivity index is 2.05. The van der Waals surface area contributed by atoms with E-state index in [1.54, 1.807) is 0 Å². The van der Waals surface area contributed by atoms with Crippen molar-refractivity contribution in [2.45, 2.75) is 58.2 Å². The Kier molecular flexibility index (Phi) is 4.69. The molecule has 2 aromatic rings. The molecule has 0 aromatic heterocycles. The summed E-state index contributed by atoms with van der Waals surface area (Å²) >= 11 is 6.49. The summed E-state index contributed by atoms with van der Waals surface area (Å²) in [6.07, 6.45) is 0.549. The molecule has 0 radical (unpaired) electrons. The molecule has 25 heavy (non-hydrogen) atoms. The summed E-state index contributed by atoms with van der Waals surface area (Å²) < 4.78 is 19.0. The van der Waals surface area contributed by atoms with Crippen LogP contribution in [0.25, 0.3) is 10.8 Å². The highest BCUT2D eigenvalue weighted by molar-refractivity contribution is 6.74. The molecular formula is C20H27ClO3Si. The summed E-state index contributed by atoms with van der Waals surface area (Å²) in [5.74, 6) is -0.236. The Bertz CT molecular complexity index is 797. The molecule has 0 bridgehead atoms. The Morgan fingerprint density at radius 1 is 1.20 bits per heavy atom. The Morgan fingerprint density at radius 3 is 2.44 bits per heavy atom. The minimum atomic E-state index is -2.08. The van der Waals surface area contributed by atoms with Gasteiger partial charge in [0.2, 0.25) is 8.32 Å². The molecule has 2 aromatic carbocycles. The second-order valence-electron chi connectivity index (χ2n) is 8.15. The zero-order chi connectivity index (χ0) is 18.5. The molecule has 0 saturated carbocycles. The van der Waals surface area contributed by atoms with Crippen LogP contribution in [-0.2, 0) is 15.6 Å². The fourth-order valence-corrected chi connectivity index (χ4v) is 4.52. The van der Waals surface area contributed by atoms with Gasteiger partial charge in [0.1, 0.15) is 5.75 Å². The highest BCUT2D eigenvalue weighted by atomic mass is 35.5. The monoisotopic (exact) mass is 378 g/mol. The van der Waals surface area contributed by atoms with Gasteiger partial charge in [-0.1, -0.05) is 56.6 Å². The normalized spacial score (nSPS) is 20.6. The van der Waals surface area contributed by atoms with Crippen LogP contribution in [0.4, 0.5) is 0 Å². The molecule has 1 heterocycles. The largest absolute Gasteiger partial charge is 0.438 e. The molecule has 5 heteroatoms. The summed E-state index contributed by atoms with van der Waals surface area (Å²) in [6, 6.07) is 10.0. The molecule has 136 valence electrons. The minimum Gasteiger partial charge on any atom is -0.438 e. The van der Waals surface area contributed by atoms with E-state index in [1.807, 2.05) is 37.3 Å². The SMILES string of the molecule is CCOC1(O[Si](C)(C)C(C)(C)C)Cc2cc(Cl)c3ccccc3c2O1. The van der Waals surface area contributed by atoms with E-state index in [-0.39, 0.29) is 5.04 Å². The molecule has 0 saturated heterocycles. The van der Waals surface area contributed by atoms with Crippen molar-refractivity contribution in [1.82, 2.24) is 0 Å². The Labute approximate surface area is 156 Å². The van der Waals surface area contributed by atoms with Gasteiger partial charge in [0, 0.05) is 21.4 Å². The van der Waals surface area contributed by atoms with Crippen molar-refractivity contribution in [3.63, 3.8) is 0 Å². The van der Waals surface area contributed by atoms with Gasteiger partial charge < -0.3 is 13.9 Å². The van der Waals surface area contributed by atoms with Crippen LogP contribution in [-0.4, -0.2) is 20.9 Å². The van der Waals surface area contributed by atoms with Crippen molar-refractivity contribution in [2.75, 3.05) is 6.61 Å². The maximum Gasteiger partial charge on any atom is 0.321 e. The van der Waals surface area contributed by atoms with E-state index >= 15 is 0 Å². The highest BCUT2D eigenvalue weighted by Gasteiger charge is 2.50. The second kappa shape index (κ2) is 6.27. The van der Waals surface area contributed by atoms with Crippen LogP contribution in [0.3, 0.4) is 0 Å². The number of halogens is 1. The molecule has 0 fully saturated rings. The van der Waals surface area contributed by atoms with Gasteiger partial charge in [0.05, 0.1) is 13.0 Å². The van der Waals surface area contributed by atoms with Crippen molar-refractivity contribution >= 4 is 30.7 Å². The Morgan fingerprint density at radius 2 is 1.84 bits per heavy atom. The molecule has 1 aliphatic heterocycles. The van der Waals surface area contributed by atoms with Crippen LogP contribution in [0.2, 0.25) is 23.2 Å². The first-order valence-electron chi connectivity index (χ1n) is 8.82. The zero-order valence-corrected chi connectivity index (χ0v) is 17.7. The first-order chi connectivity index (χ1) is 11.6. The maximum absolute atomic E-state index is 6.61. The van der Waals surface area contributed by atoms with E-state index in [1.165, 1.54) is 0 Å². The topological polar surface area (TPSA) is 27.7 Å². The summed E-state index contributed by atoms with van der Waals surface area (Å²) in [5, 5.41) is 2.79. The molecule has 1 atom stereocenters. The van der Waals surface area contributed by atoms with Crippen molar-refractivity contribution < 1.29 is 13.9 Å². The molecule has 1 aliphatic rings. The van der Waals surface area contributed by atoms with E-state index in [0.717, 1.165) is 27.1 Å². The van der Waals surface area contributed by atoms with E-state index in [4.69, 9.17) is 25.5 Å². The Hall–Kier alpha value is -1.07. The third-order valence-electron chi connectivity index (χ3n) is 5.27. The van der Waals surface area contributed by atoms with Gasteiger partial charge in [-0.05, 0) is 31.1 Å². The molecule has 3 nitrogen and oxygen atoms in total. The fraction of sp³-hybridized carbons (Fsp3) is 0.500. The standard InChI is InChI=1S/C20H27ClO3Si/c1-7-22-20(24-25(5,6)19(2,3)4)13-14-12-17(21)15-10-8-9-11-16(15)18(14)23-20/h8-12H,7,13H2,1-6H3. The van der Waals surface area contributed by atoms with Gasteiger partial charge in [0.15, 0.2) is 0 Å². The van der Waals surface area contributed by atoms with Crippen molar-refractivity contribution in [1.29, 1.82) is 0 Å². The average molecular weight is 379 g/mol. The first kappa shape index (κ1) is 18.7. The lowest BCUT2D eigenvalue weighted by atomic mass is 10.0. The number of hydrogen-bond donors (Lipinski definition) is 0. The zero-order valence-electron chi connectivity index (χ0n) is 15.9. The van der Waals surface area contributed by atoms with Gasteiger partial charge in [0.25, 0.3) is 0 Å². The molecule has 0 aliphatic carbocycles. The van der Waals surface area contributed by atoms with Crippen LogP contribution >= 0.6 is 11.6 Å². The highest BCUT2D eigenvalue weighted by Crippen LogP contribution is 2.47. The quantitative estimate of drug-likeness (QED) is 0.472.